The van der Waals surface area contributed by atoms with Gasteiger partial charge >= 0.3 is 5.97 Å². The Bertz CT molecular complexity index is 1720. The van der Waals surface area contributed by atoms with Crippen molar-refractivity contribution in [3.05, 3.63) is 85.3 Å². The molecule has 1 saturated heterocycles. The lowest BCUT2D eigenvalue weighted by atomic mass is 9.88. The predicted octanol–water partition coefficient (Wildman–Crippen LogP) is 6.24. The van der Waals surface area contributed by atoms with E-state index in [0.717, 1.165) is 21.4 Å². The summed E-state index contributed by atoms with van der Waals surface area (Å²) < 4.78 is 47.4. The fourth-order valence-corrected chi connectivity index (χ4v) is 6.68. The van der Waals surface area contributed by atoms with Crippen molar-refractivity contribution in [2.75, 3.05) is 19.6 Å². The Kier molecular flexibility index (Phi) is 10.7. The molecule has 47 heavy (non-hydrogen) atoms. The summed E-state index contributed by atoms with van der Waals surface area (Å²) in [6.45, 7) is 15.0. The van der Waals surface area contributed by atoms with Crippen LogP contribution in [-0.2, 0) is 16.0 Å². The Labute approximate surface area is 274 Å². The standard InChI is InChI=1S/C36H45F3N4O4/c1-19(2)11-28(43-35(47)24(7)14-25(41-43)9-10-42-17-36(8,39)18-42)34(46)40-27(16-29(44)45)31-32(37)23(6)15-26(33(31)38)30-21(4)12-20(3)13-22(30)5/h12-15,19,27-28H,9-11,16-18H2,1-8H3,(H,40,46)(H,44,45)/t27-,28-/m0/s1. The number of rotatable bonds is 12. The molecule has 0 saturated carbocycles. The van der Waals surface area contributed by atoms with Crippen LogP contribution in [0.2, 0.25) is 0 Å². The summed E-state index contributed by atoms with van der Waals surface area (Å²) in [5.41, 5.74) is 1.85. The summed E-state index contributed by atoms with van der Waals surface area (Å²) in [5.74, 6) is -4.17. The minimum atomic E-state index is -1.58. The van der Waals surface area contributed by atoms with Crippen molar-refractivity contribution in [2.24, 2.45) is 5.92 Å². The van der Waals surface area contributed by atoms with Gasteiger partial charge in [-0.2, -0.15) is 5.10 Å². The zero-order valence-electron chi connectivity index (χ0n) is 28.4. The lowest BCUT2D eigenvalue weighted by molar-refractivity contribution is -0.138. The van der Waals surface area contributed by atoms with Gasteiger partial charge < -0.3 is 10.4 Å². The number of carbonyl (C=O) groups is 2. The van der Waals surface area contributed by atoms with E-state index in [-0.39, 0.29) is 23.5 Å². The van der Waals surface area contributed by atoms with Gasteiger partial charge in [-0.3, -0.25) is 19.3 Å². The molecule has 1 aliphatic heterocycles. The van der Waals surface area contributed by atoms with Crippen LogP contribution in [0.4, 0.5) is 13.2 Å². The zero-order valence-corrected chi connectivity index (χ0v) is 28.4. The van der Waals surface area contributed by atoms with E-state index >= 15 is 8.78 Å². The number of hydrogen-bond acceptors (Lipinski definition) is 5. The van der Waals surface area contributed by atoms with Gasteiger partial charge in [0.25, 0.3) is 5.56 Å². The second-order valence-corrected chi connectivity index (χ2v) is 13.8. The van der Waals surface area contributed by atoms with Gasteiger partial charge in [0.1, 0.15) is 23.3 Å². The van der Waals surface area contributed by atoms with E-state index in [0.29, 0.717) is 42.9 Å². The smallest absolute Gasteiger partial charge is 0.305 e. The molecule has 4 rings (SSSR count). The highest BCUT2D eigenvalue weighted by Crippen LogP contribution is 2.37. The van der Waals surface area contributed by atoms with Crippen LogP contribution in [0.5, 0.6) is 0 Å². The zero-order chi connectivity index (χ0) is 35.0. The second-order valence-electron chi connectivity index (χ2n) is 13.8. The Hall–Kier alpha value is -3.99. The molecule has 254 valence electrons. The number of hydrogen-bond donors (Lipinski definition) is 2. The van der Waals surface area contributed by atoms with Crippen LogP contribution in [-0.4, -0.2) is 57.0 Å². The number of benzene rings is 2. The maximum Gasteiger partial charge on any atom is 0.305 e. The Morgan fingerprint density at radius 2 is 1.60 bits per heavy atom. The lowest BCUT2D eigenvalue weighted by Gasteiger charge is -2.42. The van der Waals surface area contributed by atoms with E-state index in [1.807, 2.05) is 51.7 Å². The Balaban J connectivity index is 1.75. The molecule has 2 atom stereocenters. The second kappa shape index (κ2) is 14.0. The Morgan fingerprint density at radius 1 is 0.979 bits per heavy atom. The molecular weight excluding hydrogens is 609 g/mol. The van der Waals surface area contributed by atoms with Crippen molar-refractivity contribution in [1.29, 1.82) is 0 Å². The maximum absolute atomic E-state index is 16.5. The van der Waals surface area contributed by atoms with Crippen LogP contribution in [0.3, 0.4) is 0 Å². The van der Waals surface area contributed by atoms with Crippen LogP contribution < -0.4 is 10.9 Å². The quantitative estimate of drug-likeness (QED) is 0.240. The highest BCUT2D eigenvalue weighted by Gasteiger charge is 2.38. The summed E-state index contributed by atoms with van der Waals surface area (Å²) in [6.07, 6.45) is -0.234. The molecule has 0 radical (unpaired) electrons. The van der Waals surface area contributed by atoms with Gasteiger partial charge in [0.15, 0.2) is 0 Å². The Morgan fingerprint density at radius 3 is 2.15 bits per heavy atom. The molecule has 1 fully saturated rings. The normalized spacial score (nSPS) is 15.7. The molecule has 0 bridgehead atoms. The highest BCUT2D eigenvalue weighted by molar-refractivity contribution is 5.82. The molecule has 11 heteroatoms. The van der Waals surface area contributed by atoms with Crippen LogP contribution in [0.25, 0.3) is 11.1 Å². The summed E-state index contributed by atoms with van der Waals surface area (Å²) in [5, 5.41) is 16.9. The van der Waals surface area contributed by atoms with Gasteiger partial charge in [-0.25, -0.2) is 17.9 Å². The molecule has 1 amide bonds. The molecule has 0 spiro atoms. The number of carbonyl (C=O) groups excluding carboxylic acids is 1. The molecule has 0 unspecified atom stereocenters. The number of amides is 1. The first-order chi connectivity index (χ1) is 21.9. The number of carboxylic acids is 1. The van der Waals surface area contributed by atoms with Gasteiger partial charge in [0, 0.05) is 42.7 Å². The van der Waals surface area contributed by atoms with Crippen LogP contribution >= 0.6 is 0 Å². The summed E-state index contributed by atoms with van der Waals surface area (Å²) in [4.78, 5) is 41.4. The first-order valence-electron chi connectivity index (χ1n) is 16.0. The number of aliphatic carboxylic acids is 1. The minimum absolute atomic E-state index is 0.0932. The van der Waals surface area contributed by atoms with Gasteiger partial charge in [-0.15, -0.1) is 0 Å². The van der Waals surface area contributed by atoms with Crippen LogP contribution in [0.1, 0.15) is 84.8 Å². The fraction of sp³-hybridized carbons (Fsp3) is 0.500. The van der Waals surface area contributed by atoms with E-state index in [4.69, 9.17) is 0 Å². The molecule has 0 aliphatic carbocycles. The minimum Gasteiger partial charge on any atom is -0.481 e. The van der Waals surface area contributed by atoms with E-state index in [1.54, 1.807) is 19.9 Å². The number of nitrogens with zero attached hydrogens (tertiary/aromatic N) is 3. The van der Waals surface area contributed by atoms with Crippen molar-refractivity contribution in [2.45, 2.75) is 92.4 Å². The van der Waals surface area contributed by atoms with E-state index in [1.165, 1.54) is 13.0 Å². The summed E-state index contributed by atoms with van der Waals surface area (Å²) in [6, 6.07) is 4.03. The molecule has 1 aromatic heterocycles. The van der Waals surface area contributed by atoms with Crippen molar-refractivity contribution in [3.63, 3.8) is 0 Å². The number of alkyl halides is 1. The topological polar surface area (TPSA) is 105 Å². The third-order valence-electron chi connectivity index (χ3n) is 8.65. The summed E-state index contributed by atoms with van der Waals surface area (Å²) >= 11 is 0. The van der Waals surface area contributed by atoms with Crippen molar-refractivity contribution >= 4 is 11.9 Å². The first-order valence-corrected chi connectivity index (χ1v) is 16.0. The molecule has 2 aromatic carbocycles. The van der Waals surface area contributed by atoms with E-state index in [2.05, 4.69) is 10.4 Å². The molecule has 2 heterocycles. The van der Waals surface area contributed by atoms with Gasteiger partial charge in [-0.05, 0) is 88.3 Å². The lowest BCUT2D eigenvalue weighted by Crippen LogP contribution is -2.57. The molecule has 1 aliphatic rings. The number of carboxylic acid groups (broad SMARTS) is 1. The van der Waals surface area contributed by atoms with Crippen LogP contribution in [0.15, 0.2) is 29.1 Å². The predicted molar refractivity (Wildman–Crippen MR) is 175 cm³/mol. The fourth-order valence-electron chi connectivity index (χ4n) is 6.68. The monoisotopic (exact) mass is 654 g/mol. The number of likely N-dealkylation sites (tertiary alicyclic amines) is 1. The molecule has 8 nitrogen and oxygen atoms in total. The number of aryl methyl sites for hydroxylation is 5. The first kappa shape index (κ1) is 35.9. The van der Waals surface area contributed by atoms with E-state index in [9.17, 15) is 23.9 Å². The van der Waals surface area contributed by atoms with E-state index < -0.39 is 58.8 Å². The van der Waals surface area contributed by atoms with Gasteiger partial charge in [-0.1, -0.05) is 31.5 Å². The third-order valence-corrected chi connectivity index (χ3v) is 8.65. The number of nitrogens with one attached hydrogen (secondary N) is 1. The van der Waals surface area contributed by atoms with Crippen molar-refractivity contribution in [1.82, 2.24) is 20.0 Å². The largest absolute Gasteiger partial charge is 0.481 e. The summed E-state index contributed by atoms with van der Waals surface area (Å²) in [7, 11) is 0. The van der Waals surface area contributed by atoms with Crippen molar-refractivity contribution < 1.29 is 27.9 Å². The average Bonchev–Trinajstić information content (AvgIpc) is 2.93. The molecule has 2 N–H and O–H groups in total. The SMILES string of the molecule is Cc1cc(C)c(-c2cc(C)c(F)c([C@H](CC(=O)O)NC(=O)[C@H](CC(C)C)n3nc(CCN4CC(C)(F)C4)cc(C)c3=O)c2F)c(C)c1. The number of halogens is 3. The number of aromatic nitrogens is 2. The van der Waals surface area contributed by atoms with Gasteiger partial charge in [0.05, 0.1) is 18.2 Å². The van der Waals surface area contributed by atoms with Gasteiger partial charge in [0.2, 0.25) is 5.91 Å². The third kappa shape index (κ3) is 8.12. The van der Waals surface area contributed by atoms with Crippen LogP contribution in [0, 0.1) is 52.2 Å². The maximum atomic E-state index is 16.5. The molecule has 3 aromatic rings. The molecular formula is C36H45F3N4O4. The average molecular weight is 655 g/mol. The highest BCUT2D eigenvalue weighted by atomic mass is 19.1. The van der Waals surface area contributed by atoms with Crippen molar-refractivity contribution in [3.8, 4) is 11.1 Å².